The predicted octanol–water partition coefficient (Wildman–Crippen LogP) is 3.44. The molecular formula is C14H10F3N3OS. The molecule has 0 saturated heterocycles. The van der Waals surface area contributed by atoms with E-state index in [1.54, 1.807) is 22.9 Å². The van der Waals surface area contributed by atoms with E-state index in [0.717, 1.165) is 12.1 Å². The van der Waals surface area contributed by atoms with Crippen molar-refractivity contribution in [2.24, 2.45) is 0 Å². The zero-order chi connectivity index (χ0) is 15.9. The van der Waals surface area contributed by atoms with Crippen LogP contribution < -0.4 is 5.32 Å². The molecule has 2 heterocycles. The Balaban J connectivity index is 2.00. The zero-order valence-electron chi connectivity index (χ0n) is 11.3. The fraction of sp³-hybridized carbons (Fsp3) is 0.143. The van der Waals surface area contributed by atoms with E-state index in [2.05, 4.69) is 10.3 Å². The van der Waals surface area contributed by atoms with Gasteiger partial charge in [-0.25, -0.2) is 4.98 Å². The van der Waals surface area contributed by atoms with Gasteiger partial charge in [0.2, 0.25) is 0 Å². The summed E-state index contributed by atoms with van der Waals surface area (Å²) >= 11 is 1.22. The number of halogens is 3. The normalized spacial score (nSPS) is 11.8. The highest BCUT2D eigenvalue weighted by molar-refractivity contribution is 7.20. The van der Waals surface area contributed by atoms with Gasteiger partial charge in [-0.3, -0.25) is 9.20 Å². The molecule has 0 aliphatic rings. The maximum absolute atomic E-state index is 12.8. The van der Waals surface area contributed by atoms with Gasteiger partial charge in [-0.05, 0) is 17.7 Å². The molecule has 1 amide bonds. The number of thiazole rings is 1. The van der Waals surface area contributed by atoms with Gasteiger partial charge in [0.1, 0.15) is 5.69 Å². The largest absolute Gasteiger partial charge is 0.416 e. The third-order valence-corrected chi connectivity index (χ3v) is 4.14. The molecule has 0 bridgehead atoms. The number of aromatic nitrogens is 2. The predicted molar refractivity (Wildman–Crippen MR) is 76.9 cm³/mol. The smallest absolute Gasteiger partial charge is 0.354 e. The van der Waals surface area contributed by atoms with Crippen LogP contribution in [0.4, 0.5) is 13.2 Å². The van der Waals surface area contributed by atoms with Crippen molar-refractivity contribution in [3.63, 3.8) is 0 Å². The number of alkyl halides is 3. The molecule has 0 saturated carbocycles. The summed E-state index contributed by atoms with van der Waals surface area (Å²) in [6.45, 7) is 0. The molecule has 114 valence electrons. The van der Waals surface area contributed by atoms with Gasteiger partial charge in [-0.15, -0.1) is 0 Å². The number of fused-ring (bicyclic) bond motifs is 1. The van der Waals surface area contributed by atoms with E-state index in [1.807, 2.05) is 0 Å². The summed E-state index contributed by atoms with van der Waals surface area (Å²) in [5.41, 5.74) is 0.0400. The van der Waals surface area contributed by atoms with Gasteiger partial charge >= 0.3 is 6.18 Å². The summed E-state index contributed by atoms with van der Waals surface area (Å²) in [6.07, 6.45) is -1.17. The van der Waals surface area contributed by atoms with Gasteiger partial charge in [-0.2, -0.15) is 13.2 Å². The Morgan fingerprint density at radius 3 is 2.73 bits per heavy atom. The van der Waals surface area contributed by atoms with Gasteiger partial charge in [0, 0.05) is 19.4 Å². The highest BCUT2D eigenvalue weighted by atomic mass is 32.1. The molecule has 0 aliphatic carbocycles. The standard InChI is InChI=1S/C14H10F3N3OS/c1-18-12(21)10-6-20-7-11(22-13(20)19-10)8-3-2-4-9(5-8)14(15,16)17/h2-7H,1H3,(H,18,21). The number of hydrogen-bond donors (Lipinski definition) is 1. The van der Waals surface area contributed by atoms with E-state index in [9.17, 15) is 18.0 Å². The molecule has 3 rings (SSSR count). The number of benzene rings is 1. The molecule has 0 atom stereocenters. The molecule has 0 radical (unpaired) electrons. The van der Waals surface area contributed by atoms with Crippen molar-refractivity contribution in [3.8, 4) is 10.4 Å². The molecule has 8 heteroatoms. The van der Waals surface area contributed by atoms with Crippen molar-refractivity contribution in [2.75, 3.05) is 7.05 Å². The fourth-order valence-electron chi connectivity index (χ4n) is 2.02. The third-order valence-electron chi connectivity index (χ3n) is 3.09. The number of hydrogen-bond acceptors (Lipinski definition) is 3. The van der Waals surface area contributed by atoms with Gasteiger partial charge in [0.15, 0.2) is 4.96 Å². The topological polar surface area (TPSA) is 46.4 Å². The maximum Gasteiger partial charge on any atom is 0.416 e. The number of carbonyl (C=O) groups excluding carboxylic acids is 1. The van der Waals surface area contributed by atoms with E-state index >= 15 is 0 Å². The quantitative estimate of drug-likeness (QED) is 0.784. The van der Waals surface area contributed by atoms with Crippen LogP contribution in [0.15, 0.2) is 36.7 Å². The van der Waals surface area contributed by atoms with Crippen LogP contribution in [-0.2, 0) is 6.18 Å². The molecule has 0 fully saturated rings. The average molecular weight is 325 g/mol. The van der Waals surface area contributed by atoms with E-state index in [4.69, 9.17) is 0 Å². The Bertz CT molecular complexity index is 819. The summed E-state index contributed by atoms with van der Waals surface area (Å²) in [7, 11) is 1.50. The molecule has 22 heavy (non-hydrogen) atoms. The minimum absolute atomic E-state index is 0.268. The van der Waals surface area contributed by atoms with Crippen LogP contribution in [0.1, 0.15) is 16.1 Å². The molecule has 0 aliphatic heterocycles. The molecule has 1 N–H and O–H groups in total. The van der Waals surface area contributed by atoms with E-state index in [0.29, 0.717) is 15.4 Å². The first-order valence-electron chi connectivity index (χ1n) is 6.27. The minimum Gasteiger partial charge on any atom is -0.354 e. The average Bonchev–Trinajstić information content (AvgIpc) is 3.04. The van der Waals surface area contributed by atoms with Gasteiger partial charge in [0.05, 0.1) is 10.4 Å². The lowest BCUT2D eigenvalue weighted by molar-refractivity contribution is -0.137. The van der Waals surface area contributed by atoms with Crippen LogP contribution in [0.3, 0.4) is 0 Å². The lowest BCUT2D eigenvalue weighted by atomic mass is 10.1. The SMILES string of the molecule is CNC(=O)c1cn2cc(-c3cccc(C(F)(F)F)c3)sc2n1. The third kappa shape index (κ3) is 2.57. The Hall–Kier alpha value is -2.35. The lowest BCUT2D eigenvalue weighted by Gasteiger charge is -2.07. The van der Waals surface area contributed by atoms with Crippen LogP contribution >= 0.6 is 11.3 Å². The Kier molecular flexibility index (Phi) is 3.40. The Morgan fingerprint density at radius 1 is 1.32 bits per heavy atom. The minimum atomic E-state index is -4.38. The maximum atomic E-state index is 12.8. The number of amides is 1. The second kappa shape index (κ2) is 5.13. The highest BCUT2D eigenvalue weighted by Gasteiger charge is 2.30. The van der Waals surface area contributed by atoms with Crippen molar-refractivity contribution in [2.45, 2.75) is 6.18 Å². The van der Waals surface area contributed by atoms with E-state index < -0.39 is 11.7 Å². The van der Waals surface area contributed by atoms with Crippen molar-refractivity contribution >= 4 is 22.2 Å². The first-order valence-corrected chi connectivity index (χ1v) is 7.08. The van der Waals surface area contributed by atoms with Gasteiger partial charge < -0.3 is 5.32 Å². The van der Waals surface area contributed by atoms with Crippen LogP contribution in [0.25, 0.3) is 15.4 Å². The van der Waals surface area contributed by atoms with Crippen LogP contribution in [0, 0.1) is 0 Å². The van der Waals surface area contributed by atoms with E-state index in [-0.39, 0.29) is 11.6 Å². The second-order valence-electron chi connectivity index (χ2n) is 4.57. The summed E-state index contributed by atoms with van der Waals surface area (Å²) < 4.78 is 39.9. The molecular weight excluding hydrogens is 315 g/mol. The van der Waals surface area contributed by atoms with Crippen molar-refractivity contribution in [3.05, 3.63) is 47.9 Å². The first kappa shape index (κ1) is 14.6. The number of imidazole rings is 1. The summed E-state index contributed by atoms with van der Waals surface area (Å²) in [5.74, 6) is -0.309. The Labute approximate surface area is 127 Å². The number of nitrogens with one attached hydrogen (secondary N) is 1. The number of nitrogens with zero attached hydrogens (tertiary/aromatic N) is 2. The van der Waals surface area contributed by atoms with Gasteiger partial charge in [-0.1, -0.05) is 23.5 Å². The zero-order valence-corrected chi connectivity index (χ0v) is 12.1. The monoisotopic (exact) mass is 325 g/mol. The molecule has 4 nitrogen and oxygen atoms in total. The van der Waals surface area contributed by atoms with Crippen LogP contribution in [0.5, 0.6) is 0 Å². The summed E-state index contributed by atoms with van der Waals surface area (Å²) in [4.78, 5) is 16.8. The molecule has 3 aromatic rings. The number of rotatable bonds is 2. The van der Waals surface area contributed by atoms with Crippen LogP contribution in [0.2, 0.25) is 0 Å². The van der Waals surface area contributed by atoms with Crippen molar-refractivity contribution in [1.82, 2.24) is 14.7 Å². The molecule has 0 spiro atoms. The molecule has 2 aromatic heterocycles. The van der Waals surface area contributed by atoms with Gasteiger partial charge in [0.25, 0.3) is 5.91 Å². The molecule has 0 unspecified atom stereocenters. The Morgan fingerprint density at radius 2 is 2.09 bits per heavy atom. The number of carbonyl (C=O) groups is 1. The molecule has 1 aromatic carbocycles. The van der Waals surface area contributed by atoms with Crippen molar-refractivity contribution < 1.29 is 18.0 Å². The highest BCUT2D eigenvalue weighted by Crippen LogP contribution is 2.34. The van der Waals surface area contributed by atoms with Crippen molar-refractivity contribution in [1.29, 1.82) is 0 Å². The summed E-state index contributed by atoms with van der Waals surface area (Å²) in [5, 5.41) is 2.47. The lowest BCUT2D eigenvalue weighted by Crippen LogP contribution is -2.17. The summed E-state index contributed by atoms with van der Waals surface area (Å²) in [6, 6.07) is 5.12. The second-order valence-corrected chi connectivity index (χ2v) is 5.58. The van der Waals surface area contributed by atoms with Crippen LogP contribution in [-0.4, -0.2) is 22.3 Å². The first-order chi connectivity index (χ1) is 10.4. The fourth-order valence-corrected chi connectivity index (χ4v) is 2.98. The van der Waals surface area contributed by atoms with E-state index in [1.165, 1.54) is 24.5 Å².